The van der Waals surface area contributed by atoms with E-state index in [9.17, 15) is 9.59 Å². The molecule has 2 aliphatic rings. The molecule has 0 aliphatic carbocycles. The van der Waals surface area contributed by atoms with Crippen molar-refractivity contribution in [2.75, 3.05) is 39.9 Å². The van der Waals surface area contributed by atoms with Crippen molar-refractivity contribution in [1.29, 1.82) is 0 Å². The summed E-state index contributed by atoms with van der Waals surface area (Å²) in [5, 5.41) is 8.25. The van der Waals surface area contributed by atoms with Crippen molar-refractivity contribution in [1.82, 2.24) is 24.7 Å². The first-order chi connectivity index (χ1) is 14.5. The summed E-state index contributed by atoms with van der Waals surface area (Å²) in [4.78, 5) is 29.1. The molecule has 30 heavy (non-hydrogen) atoms. The first-order valence-electron chi connectivity index (χ1n) is 10.5. The Morgan fingerprint density at radius 2 is 2.10 bits per heavy atom. The molecule has 0 N–H and O–H groups in total. The number of rotatable bonds is 7. The first-order valence-corrected chi connectivity index (χ1v) is 10.5. The van der Waals surface area contributed by atoms with Crippen LogP contribution in [0, 0.1) is 18.8 Å². The van der Waals surface area contributed by atoms with Crippen LogP contribution in [0.4, 0.5) is 0 Å². The smallest absolute Gasteiger partial charge is 0.276 e. The zero-order chi connectivity index (χ0) is 21.1. The molecule has 0 aromatic carbocycles. The van der Waals surface area contributed by atoms with Gasteiger partial charge in [0, 0.05) is 63.6 Å². The Balaban J connectivity index is 1.32. The second-order valence-electron chi connectivity index (χ2n) is 8.33. The van der Waals surface area contributed by atoms with E-state index in [1.165, 1.54) is 0 Å². The average molecular weight is 415 g/mol. The Bertz CT molecular complexity index is 870. The highest BCUT2D eigenvalue weighted by Gasteiger charge is 2.33. The molecule has 2 fully saturated rings. The number of likely N-dealkylation sites (tertiary alicyclic amines) is 2. The highest BCUT2D eigenvalue weighted by Crippen LogP contribution is 2.25. The molecule has 4 rings (SSSR count). The van der Waals surface area contributed by atoms with Gasteiger partial charge in [-0.15, -0.1) is 0 Å². The number of aryl methyl sites for hydroxylation is 1. The van der Waals surface area contributed by atoms with Crippen LogP contribution in [0.5, 0.6) is 0 Å². The zero-order valence-electron chi connectivity index (χ0n) is 17.6. The van der Waals surface area contributed by atoms with Crippen LogP contribution in [0.15, 0.2) is 23.0 Å². The monoisotopic (exact) mass is 415 g/mol. The number of methoxy groups -OCH3 is 1. The molecule has 0 saturated carbocycles. The van der Waals surface area contributed by atoms with Gasteiger partial charge in [0.15, 0.2) is 5.69 Å². The largest absolute Gasteiger partial charge is 0.384 e. The van der Waals surface area contributed by atoms with Crippen molar-refractivity contribution in [2.45, 2.75) is 32.7 Å². The Morgan fingerprint density at radius 1 is 1.30 bits per heavy atom. The normalized spacial score (nSPS) is 20.3. The molecule has 2 aromatic heterocycles. The van der Waals surface area contributed by atoms with Crippen LogP contribution in [0.25, 0.3) is 0 Å². The van der Waals surface area contributed by atoms with Crippen LogP contribution in [-0.4, -0.2) is 76.4 Å². The summed E-state index contributed by atoms with van der Waals surface area (Å²) in [5.74, 6) is 1.48. The fourth-order valence-electron chi connectivity index (χ4n) is 4.46. The number of hydrogen-bond donors (Lipinski definition) is 0. The molecule has 1 atom stereocenters. The molecule has 2 saturated heterocycles. The van der Waals surface area contributed by atoms with E-state index in [1.807, 2.05) is 29.0 Å². The molecule has 0 bridgehead atoms. The van der Waals surface area contributed by atoms with Crippen molar-refractivity contribution in [3.63, 3.8) is 0 Å². The van der Waals surface area contributed by atoms with Crippen molar-refractivity contribution in [3.8, 4) is 0 Å². The van der Waals surface area contributed by atoms with Crippen molar-refractivity contribution < 1.29 is 18.8 Å². The molecule has 2 aliphatic heterocycles. The second-order valence-corrected chi connectivity index (χ2v) is 8.33. The van der Waals surface area contributed by atoms with Gasteiger partial charge in [0.2, 0.25) is 5.91 Å². The molecule has 0 spiro atoms. The van der Waals surface area contributed by atoms with Gasteiger partial charge in [0.05, 0.1) is 13.2 Å². The maximum atomic E-state index is 13.1. The number of piperidine rings is 1. The third-order valence-electron chi connectivity index (χ3n) is 6.14. The summed E-state index contributed by atoms with van der Waals surface area (Å²) in [6.07, 6.45) is 5.90. The highest BCUT2D eigenvalue weighted by molar-refractivity contribution is 5.93. The molecule has 9 nitrogen and oxygen atoms in total. The fourth-order valence-corrected chi connectivity index (χ4v) is 4.46. The van der Waals surface area contributed by atoms with E-state index < -0.39 is 0 Å². The summed E-state index contributed by atoms with van der Waals surface area (Å²) in [6, 6.07) is 1.84. The van der Waals surface area contributed by atoms with Gasteiger partial charge in [-0.05, 0) is 31.7 Å². The maximum Gasteiger partial charge on any atom is 0.276 e. The Kier molecular flexibility index (Phi) is 6.17. The molecule has 9 heteroatoms. The van der Waals surface area contributed by atoms with E-state index in [-0.39, 0.29) is 11.8 Å². The van der Waals surface area contributed by atoms with Gasteiger partial charge in [0.1, 0.15) is 5.76 Å². The minimum absolute atomic E-state index is 0.0927. The van der Waals surface area contributed by atoms with Crippen LogP contribution in [0.1, 0.15) is 41.1 Å². The minimum Gasteiger partial charge on any atom is -0.384 e. The number of ether oxygens (including phenoxy) is 1. The number of amides is 2. The molecular weight excluding hydrogens is 386 g/mol. The van der Waals surface area contributed by atoms with Crippen LogP contribution in [0.3, 0.4) is 0 Å². The molecule has 2 amide bonds. The number of carbonyl (C=O) groups excluding carboxylic acids is 2. The van der Waals surface area contributed by atoms with Gasteiger partial charge in [0.25, 0.3) is 5.91 Å². The zero-order valence-corrected chi connectivity index (χ0v) is 17.6. The van der Waals surface area contributed by atoms with Gasteiger partial charge in [-0.25, -0.2) is 0 Å². The molecule has 162 valence electrons. The maximum absolute atomic E-state index is 13.1. The van der Waals surface area contributed by atoms with E-state index in [0.29, 0.717) is 56.0 Å². The first kappa shape index (κ1) is 20.6. The van der Waals surface area contributed by atoms with Crippen molar-refractivity contribution >= 4 is 11.8 Å². The third-order valence-corrected chi connectivity index (χ3v) is 6.14. The van der Waals surface area contributed by atoms with Crippen LogP contribution < -0.4 is 0 Å². The van der Waals surface area contributed by atoms with Gasteiger partial charge in [-0.1, -0.05) is 5.16 Å². The summed E-state index contributed by atoms with van der Waals surface area (Å²) in [6.45, 7) is 5.79. The second kappa shape index (κ2) is 8.99. The lowest BCUT2D eigenvalue weighted by atomic mass is 9.95. The number of hydrogen-bond acceptors (Lipinski definition) is 6. The van der Waals surface area contributed by atoms with Crippen molar-refractivity contribution in [3.05, 3.63) is 35.5 Å². The average Bonchev–Trinajstić information content (AvgIpc) is 3.46. The fraction of sp³-hybridized carbons (Fsp3) is 0.619. The molecule has 0 radical (unpaired) electrons. The number of nitrogens with zero attached hydrogens (tertiary/aromatic N) is 5. The van der Waals surface area contributed by atoms with Gasteiger partial charge in [-0.2, -0.15) is 5.10 Å². The lowest BCUT2D eigenvalue weighted by molar-refractivity contribution is -0.128. The minimum atomic E-state index is -0.0927. The Labute approximate surface area is 175 Å². The van der Waals surface area contributed by atoms with Gasteiger partial charge >= 0.3 is 0 Å². The lowest BCUT2D eigenvalue weighted by Crippen LogP contribution is -2.42. The molecule has 2 aromatic rings. The van der Waals surface area contributed by atoms with E-state index in [4.69, 9.17) is 9.26 Å². The lowest BCUT2D eigenvalue weighted by Gasteiger charge is -2.33. The topological polar surface area (TPSA) is 93.7 Å². The summed E-state index contributed by atoms with van der Waals surface area (Å²) >= 11 is 0. The van der Waals surface area contributed by atoms with Gasteiger partial charge in [-0.3, -0.25) is 14.3 Å². The van der Waals surface area contributed by atoms with Crippen LogP contribution in [0.2, 0.25) is 0 Å². The standard InChI is InChI=1S/C21H29N5O4/c1-15-18(13-26-7-3-6-22-26)20(23-30-15)21(28)24-8-4-16(5-9-24)11-25-12-17(14-29-2)10-19(25)27/h3,6-7,16-17H,4-5,8-14H2,1-2H3. The Morgan fingerprint density at radius 3 is 2.80 bits per heavy atom. The molecular formula is C21H29N5O4. The van der Waals surface area contributed by atoms with E-state index in [0.717, 1.165) is 31.5 Å². The molecule has 1 unspecified atom stereocenters. The summed E-state index contributed by atoms with van der Waals surface area (Å²) < 4.78 is 12.3. The predicted molar refractivity (Wildman–Crippen MR) is 108 cm³/mol. The van der Waals surface area contributed by atoms with Gasteiger partial charge < -0.3 is 19.1 Å². The number of aromatic nitrogens is 3. The summed E-state index contributed by atoms with van der Waals surface area (Å²) in [5.41, 5.74) is 1.15. The van der Waals surface area contributed by atoms with Crippen LogP contribution >= 0.6 is 0 Å². The predicted octanol–water partition coefficient (Wildman–Crippen LogP) is 1.57. The molecule has 4 heterocycles. The quantitative estimate of drug-likeness (QED) is 0.682. The number of carbonyl (C=O) groups is 2. The highest BCUT2D eigenvalue weighted by atomic mass is 16.5. The third kappa shape index (κ3) is 4.40. The van der Waals surface area contributed by atoms with Crippen LogP contribution in [-0.2, 0) is 16.1 Å². The SMILES string of the molecule is COCC1CC(=O)N(CC2CCN(C(=O)c3noc(C)c3Cn3cccn3)CC2)C1. The van der Waals surface area contributed by atoms with E-state index in [1.54, 1.807) is 18.0 Å². The van der Waals surface area contributed by atoms with E-state index >= 15 is 0 Å². The summed E-state index contributed by atoms with van der Waals surface area (Å²) in [7, 11) is 1.68. The Hall–Kier alpha value is -2.68. The van der Waals surface area contributed by atoms with Crippen molar-refractivity contribution in [2.24, 2.45) is 11.8 Å². The van der Waals surface area contributed by atoms with E-state index in [2.05, 4.69) is 10.3 Å².